The molecule has 0 atom stereocenters. The number of anilines is 1. The SMILES string of the molecule is CCCCNC(=O)Nc1ccc(C)cc1O. The first-order valence-electron chi connectivity index (χ1n) is 5.48. The summed E-state index contributed by atoms with van der Waals surface area (Å²) in [7, 11) is 0. The fourth-order valence-corrected chi connectivity index (χ4v) is 1.29. The lowest BCUT2D eigenvalue weighted by Crippen LogP contribution is -2.29. The van der Waals surface area contributed by atoms with E-state index in [4.69, 9.17) is 0 Å². The summed E-state index contributed by atoms with van der Waals surface area (Å²) in [5, 5.41) is 14.9. The lowest BCUT2D eigenvalue weighted by Gasteiger charge is -2.09. The number of amides is 2. The van der Waals surface area contributed by atoms with E-state index in [9.17, 15) is 9.90 Å². The maximum atomic E-state index is 11.4. The number of unbranched alkanes of at least 4 members (excludes halogenated alkanes) is 1. The van der Waals surface area contributed by atoms with Gasteiger partial charge in [0.25, 0.3) is 0 Å². The highest BCUT2D eigenvalue weighted by Gasteiger charge is 2.04. The summed E-state index contributed by atoms with van der Waals surface area (Å²) >= 11 is 0. The van der Waals surface area contributed by atoms with E-state index in [-0.39, 0.29) is 11.8 Å². The highest BCUT2D eigenvalue weighted by Crippen LogP contribution is 2.23. The highest BCUT2D eigenvalue weighted by molar-refractivity contribution is 5.90. The van der Waals surface area contributed by atoms with Gasteiger partial charge in [0, 0.05) is 6.54 Å². The van der Waals surface area contributed by atoms with Crippen LogP contribution in [0, 0.1) is 6.92 Å². The fourth-order valence-electron chi connectivity index (χ4n) is 1.29. The zero-order valence-corrected chi connectivity index (χ0v) is 9.71. The lowest BCUT2D eigenvalue weighted by atomic mass is 10.2. The zero-order valence-electron chi connectivity index (χ0n) is 9.71. The number of carbonyl (C=O) groups excluding carboxylic acids is 1. The van der Waals surface area contributed by atoms with E-state index < -0.39 is 0 Å². The van der Waals surface area contributed by atoms with Crippen LogP contribution in [-0.2, 0) is 0 Å². The first-order chi connectivity index (χ1) is 7.63. The Morgan fingerprint density at radius 2 is 2.19 bits per heavy atom. The van der Waals surface area contributed by atoms with Crippen LogP contribution in [0.25, 0.3) is 0 Å². The van der Waals surface area contributed by atoms with Gasteiger partial charge < -0.3 is 15.7 Å². The van der Waals surface area contributed by atoms with Crippen LogP contribution in [0.15, 0.2) is 18.2 Å². The number of rotatable bonds is 4. The molecule has 0 radical (unpaired) electrons. The molecule has 0 aliphatic carbocycles. The van der Waals surface area contributed by atoms with E-state index in [1.54, 1.807) is 12.1 Å². The van der Waals surface area contributed by atoms with Gasteiger partial charge in [0.1, 0.15) is 5.75 Å². The highest BCUT2D eigenvalue weighted by atomic mass is 16.3. The van der Waals surface area contributed by atoms with Crippen molar-refractivity contribution in [2.24, 2.45) is 0 Å². The number of benzene rings is 1. The Hall–Kier alpha value is -1.71. The van der Waals surface area contributed by atoms with Gasteiger partial charge in [0.05, 0.1) is 5.69 Å². The molecule has 0 spiro atoms. The van der Waals surface area contributed by atoms with Crippen molar-refractivity contribution in [2.75, 3.05) is 11.9 Å². The molecule has 4 heteroatoms. The molecule has 0 fully saturated rings. The first-order valence-corrected chi connectivity index (χ1v) is 5.48. The fraction of sp³-hybridized carbons (Fsp3) is 0.417. The van der Waals surface area contributed by atoms with Crippen LogP contribution in [0.1, 0.15) is 25.3 Å². The molecule has 1 aromatic carbocycles. The second-order valence-electron chi connectivity index (χ2n) is 3.76. The number of nitrogens with one attached hydrogen (secondary N) is 2. The predicted octanol–water partition coefficient (Wildman–Crippen LogP) is 2.62. The largest absolute Gasteiger partial charge is 0.506 e. The maximum Gasteiger partial charge on any atom is 0.319 e. The molecule has 0 saturated heterocycles. The van der Waals surface area contributed by atoms with Crippen molar-refractivity contribution in [1.29, 1.82) is 0 Å². The van der Waals surface area contributed by atoms with Crippen molar-refractivity contribution < 1.29 is 9.90 Å². The molecule has 0 unspecified atom stereocenters. The van der Waals surface area contributed by atoms with Gasteiger partial charge in [-0.2, -0.15) is 0 Å². The molecule has 88 valence electrons. The molecule has 0 aromatic heterocycles. The van der Waals surface area contributed by atoms with Gasteiger partial charge in [-0.25, -0.2) is 4.79 Å². The molecule has 0 aliphatic rings. The maximum absolute atomic E-state index is 11.4. The van der Waals surface area contributed by atoms with Gasteiger partial charge in [0.2, 0.25) is 0 Å². The van der Waals surface area contributed by atoms with Crippen molar-refractivity contribution in [3.8, 4) is 5.75 Å². The van der Waals surface area contributed by atoms with Crippen molar-refractivity contribution >= 4 is 11.7 Å². The molecule has 0 bridgehead atoms. The van der Waals surface area contributed by atoms with Gasteiger partial charge in [-0.15, -0.1) is 0 Å². The Balaban J connectivity index is 2.49. The lowest BCUT2D eigenvalue weighted by molar-refractivity contribution is 0.252. The Morgan fingerprint density at radius 1 is 1.44 bits per heavy atom. The van der Waals surface area contributed by atoms with Crippen molar-refractivity contribution in [3.63, 3.8) is 0 Å². The van der Waals surface area contributed by atoms with Gasteiger partial charge >= 0.3 is 6.03 Å². The monoisotopic (exact) mass is 222 g/mol. The smallest absolute Gasteiger partial charge is 0.319 e. The quantitative estimate of drug-likeness (QED) is 0.541. The zero-order chi connectivity index (χ0) is 12.0. The number of phenols is 1. The summed E-state index contributed by atoms with van der Waals surface area (Å²) in [6, 6.07) is 4.85. The van der Waals surface area contributed by atoms with Crippen molar-refractivity contribution in [3.05, 3.63) is 23.8 Å². The van der Waals surface area contributed by atoms with Crippen LogP contribution < -0.4 is 10.6 Å². The summed E-state index contributed by atoms with van der Waals surface area (Å²) in [4.78, 5) is 11.4. The average Bonchev–Trinajstić information content (AvgIpc) is 2.23. The molecule has 2 amide bonds. The van der Waals surface area contributed by atoms with Gasteiger partial charge in [0.15, 0.2) is 0 Å². The normalized spacial score (nSPS) is 9.88. The van der Waals surface area contributed by atoms with E-state index in [2.05, 4.69) is 17.6 Å². The Bertz CT molecular complexity index is 364. The van der Waals surface area contributed by atoms with Crippen LogP contribution >= 0.6 is 0 Å². The van der Waals surface area contributed by atoms with Crippen LogP contribution in [0.4, 0.5) is 10.5 Å². The first kappa shape index (κ1) is 12.4. The van der Waals surface area contributed by atoms with E-state index in [0.29, 0.717) is 12.2 Å². The van der Waals surface area contributed by atoms with E-state index in [1.165, 1.54) is 0 Å². The molecule has 16 heavy (non-hydrogen) atoms. The van der Waals surface area contributed by atoms with E-state index in [0.717, 1.165) is 18.4 Å². The number of urea groups is 1. The predicted molar refractivity (Wildman–Crippen MR) is 64.8 cm³/mol. The molecule has 4 nitrogen and oxygen atoms in total. The molecular weight excluding hydrogens is 204 g/mol. The number of hydrogen-bond acceptors (Lipinski definition) is 2. The summed E-state index contributed by atoms with van der Waals surface area (Å²) in [5.74, 6) is 0.0886. The summed E-state index contributed by atoms with van der Waals surface area (Å²) < 4.78 is 0. The van der Waals surface area contributed by atoms with Gasteiger partial charge in [-0.3, -0.25) is 0 Å². The standard InChI is InChI=1S/C12H18N2O2/c1-3-4-7-13-12(16)14-10-6-5-9(2)8-11(10)15/h5-6,8,15H,3-4,7H2,1-2H3,(H2,13,14,16). The van der Waals surface area contributed by atoms with E-state index >= 15 is 0 Å². The van der Waals surface area contributed by atoms with Crippen LogP contribution in [-0.4, -0.2) is 17.7 Å². The molecule has 0 heterocycles. The minimum atomic E-state index is -0.285. The third kappa shape index (κ3) is 3.81. The van der Waals surface area contributed by atoms with Crippen LogP contribution in [0.3, 0.4) is 0 Å². The molecule has 1 aromatic rings. The topological polar surface area (TPSA) is 61.4 Å². The molecule has 1 rings (SSSR count). The Labute approximate surface area is 95.7 Å². The average molecular weight is 222 g/mol. The number of phenolic OH excluding ortho intramolecular Hbond substituents is 1. The molecule has 0 saturated carbocycles. The van der Waals surface area contributed by atoms with Crippen LogP contribution in [0.2, 0.25) is 0 Å². The summed E-state index contributed by atoms with van der Waals surface area (Å²) in [6.07, 6.45) is 1.99. The number of hydrogen-bond donors (Lipinski definition) is 3. The number of aromatic hydroxyl groups is 1. The summed E-state index contributed by atoms with van der Waals surface area (Å²) in [5.41, 5.74) is 1.38. The van der Waals surface area contributed by atoms with Gasteiger partial charge in [-0.1, -0.05) is 19.4 Å². The second-order valence-corrected chi connectivity index (χ2v) is 3.76. The Morgan fingerprint density at radius 3 is 2.81 bits per heavy atom. The van der Waals surface area contributed by atoms with Crippen molar-refractivity contribution in [2.45, 2.75) is 26.7 Å². The molecule has 3 N–H and O–H groups in total. The van der Waals surface area contributed by atoms with Crippen LogP contribution in [0.5, 0.6) is 5.75 Å². The van der Waals surface area contributed by atoms with E-state index in [1.807, 2.05) is 13.0 Å². The second kappa shape index (κ2) is 6.00. The summed E-state index contributed by atoms with van der Waals surface area (Å²) in [6.45, 7) is 4.59. The minimum absolute atomic E-state index is 0.0886. The number of carbonyl (C=O) groups is 1. The van der Waals surface area contributed by atoms with Gasteiger partial charge in [-0.05, 0) is 31.0 Å². The minimum Gasteiger partial charge on any atom is -0.506 e. The Kier molecular flexibility index (Phi) is 4.64. The molecular formula is C12H18N2O2. The third-order valence-electron chi connectivity index (χ3n) is 2.22. The number of aryl methyl sites for hydroxylation is 1. The molecule has 0 aliphatic heterocycles. The third-order valence-corrected chi connectivity index (χ3v) is 2.22. The van der Waals surface area contributed by atoms with Crippen molar-refractivity contribution in [1.82, 2.24) is 5.32 Å².